The van der Waals surface area contributed by atoms with Crippen LogP contribution < -0.4 is 5.73 Å². The van der Waals surface area contributed by atoms with E-state index >= 15 is 0 Å². The molecule has 3 rings (SSSR count). The topological polar surface area (TPSA) is 105 Å². The van der Waals surface area contributed by atoms with Crippen molar-refractivity contribution in [3.63, 3.8) is 0 Å². The number of nitrogens with zero attached hydrogens (tertiary/aromatic N) is 3. The summed E-state index contributed by atoms with van der Waals surface area (Å²) in [5.74, 6) is 0. The molecule has 1 atom stereocenters. The van der Waals surface area contributed by atoms with Crippen molar-refractivity contribution in [2.24, 2.45) is 21.6 Å². The molecule has 0 radical (unpaired) electrons. The van der Waals surface area contributed by atoms with Gasteiger partial charge in [-0.3, -0.25) is 0 Å². The zero-order valence-electron chi connectivity index (χ0n) is 14.0. The van der Waals surface area contributed by atoms with Crippen LogP contribution in [0, 0.1) is 15.2 Å². The first-order chi connectivity index (χ1) is 11.2. The van der Waals surface area contributed by atoms with Crippen LogP contribution in [0.3, 0.4) is 0 Å². The number of carbonyl (C=O) groups is 1. The first-order valence-electron chi connectivity index (χ1n) is 7.81. The van der Waals surface area contributed by atoms with Crippen molar-refractivity contribution in [3.8, 4) is 0 Å². The lowest BCUT2D eigenvalue weighted by Gasteiger charge is -2.41. The number of carbonyl (C=O) groups excluding carboxylic acids is 1. The number of primary amides is 1. The number of hydrogen-bond donors (Lipinski definition) is 1. The lowest BCUT2D eigenvalue weighted by atomic mass is 9.64. The summed E-state index contributed by atoms with van der Waals surface area (Å²) in [4.78, 5) is 33.9. The molecule has 24 heavy (non-hydrogen) atoms. The standard InChI is InChI=1S/C17H20N4O3/c1-9-7-12-10(2)16(4,19-23)17(5-6-17)11(3)14(12)13(9)8-21(20-24)15(18)22/h7H,2,5-6,8H2,1,3-4H3,(H2,18,22)/t16-/m1/s1. The van der Waals surface area contributed by atoms with Crippen LogP contribution in [-0.4, -0.2) is 23.1 Å². The highest BCUT2D eigenvalue weighted by Crippen LogP contribution is 2.68. The maximum Gasteiger partial charge on any atom is 0.338 e. The normalized spacial score (nSPS) is 27.1. The molecule has 0 unspecified atom stereocenters. The first kappa shape index (κ1) is 16.3. The van der Waals surface area contributed by atoms with Gasteiger partial charge in [-0.25, -0.2) is 4.79 Å². The average molecular weight is 328 g/mol. The van der Waals surface area contributed by atoms with E-state index in [2.05, 4.69) is 17.0 Å². The molecule has 1 spiro atoms. The molecule has 0 aromatic rings. The summed E-state index contributed by atoms with van der Waals surface area (Å²) in [6, 6.07) is -0.896. The van der Waals surface area contributed by atoms with Crippen molar-refractivity contribution in [1.29, 1.82) is 0 Å². The van der Waals surface area contributed by atoms with Crippen LogP contribution in [0.15, 0.2) is 56.6 Å². The van der Waals surface area contributed by atoms with Crippen LogP contribution in [0.4, 0.5) is 4.79 Å². The number of fused-ring (bicyclic) bond motifs is 1. The van der Waals surface area contributed by atoms with Crippen molar-refractivity contribution in [2.75, 3.05) is 6.54 Å². The fraction of sp³-hybridized carbons (Fsp3) is 0.471. The molecule has 126 valence electrons. The maximum atomic E-state index is 11.7. The summed E-state index contributed by atoms with van der Waals surface area (Å²) in [5.41, 5.74) is 9.29. The number of amides is 2. The molecule has 0 bridgehead atoms. The van der Waals surface area contributed by atoms with E-state index < -0.39 is 11.6 Å². The Kier molecular flexibility index (Phi) is 3.37. The summed E-state index contributed by atoms with van der Waals surface area (Å²) < 4.78 is 0. The largest absolute Gasteiger partial charge is 0.350 e. The van der Waals surface area contributed by atoms with Gasteiger partial charge >= 0.3 is 6.03 Å². The van der Waals surface area contributed by atoms with Crippen molar-refractivity contribution in [1.82, 2.24) is 5.01 Å². The minimum absolute atomic E-state index is 0.00589. The molecule has 7 nitrogen and oxygen atoms in total. The third kappa shape index (κ3) is 1.81. The quantitative estimate of drug-likeness (QED) is 0.630. The first-order valence-corrected chi connectivity index (χ1v) is 7.81. The lowest BCUT2D eigenvalue weighted by Crippen LogP contribution is -2.42. The zero-order chi connectivity index (χ0) is 17.9. The van der Waals surface area contributed by atoms with Crippen LogP contribution in [-0.2, 0) is 0 Å². The molecule has 0 saturated heterocycles. The van der Waals surface area contributed by atoms with E-state index in [0.717, 1.165) is 40.7 Å². The fourth-order valence-corrected chi connectivity index (χ4v) is 4.19. The molecule has 3 aliphatic rings. The fourth-order valence-electron chi connectivity index (χ4n) is 4.19. The van der Waals surface area contributed by atoms with Crippen molar-refractivity contribution in [2.45, 2.75) is 39.2 Å². The predicted octanol–water partition coefficient (Wildman–Crippen LogP) is 3.50. The number of nitroso groups, excluding NO2 is 2. The molecular weight excluding hydrogens is 308 g/mol. The second-order valence-electron chi connectivity index (χ2n) is 6.92. The lowest BCUT2D eigenvalue weighted by molar-refractivity contribution is 0.213. The monoisotopic (exact) mass is 328 g/mol. The molecular formula is C17H20N4O3. The van der Waals surface area contributed by atoms with E-state index in [0.29, 0.717) is 10.6 Å². The molecule has 3 aliphatic carbocycles. The molecule has 2 N–H and O–H groups in total. The van der Waals surface area contributed by atoms with E-state index in [1.54, 1.807) is 0 Å². The highest BCUT2D eigenvalue weighted by Gasteiger charge is 2.64. The van der Waals surface area contributed by atoms with E-state index in [4.69, 9.17) is 5.73 Å². The van der Waals surface area contributed by atoms with Gasteiger partial charge in [0.1, 0.15) is 5.54 Å². The minimum atomic E-state index is -0.896. The summed E-state index contributed by atoms with van der Waals surface area (Å²) in [5, 5.41) is 6.85. The molecule has 0 heterocycles. The molecule has 0 aliphatic heterocycles. The van der Waals surface area contributed by atoms with E-state index in [1.165, 1.54) is 0 Å². The van der Waals surface area contributed by atoms with Crippen molar-refractivity contribution in [3.05, 3.63) is 55.9 Å². The SMILES string of the molecule is C=C1C2=CC(C)=C(CN(N=O)C(N)=O)C2=C(C)C2(CC2)[C@]1(C)N=O. The number of urea groups is 1. The third-order valence-corrected chi connectivity index (χ3v) is 5.94. The Bertz CT molecular complexity index is 786. The van der Waals surface area contributed by atoms with E-state index in [9.17, 15) is 14.6 Å². The van der Waals surface area contributed by atoms with Gasteiger partial charge in [-0.1, -0.05) is 23.4 Å². The summed E-state index contributed by atoms with van der Waals surface area (Å²) in [6.07, 6.45) is 3.67. The molecule has 0 aromatic heterocycles. The van der Waals surface area contributed by atoms with Gasteiger partial charge in [0.05, 0.1) is 11.8 Å². The predicted molar refractivity (Wildman–Crippen MR) is 90.6 cm³/mol. The van der Waals surface area contributed by atoms with Gasteiger partial charge in [-0.15, -0.1) is 9.81 Å². The number of rotatable bonds is 4. The maximum absolute atomic E-state index is 11.7. The van der Waals surface area contributed by atoms with Gasteiger partial charge in [0.2, 0.25) is 0 Å². The zero-order valence-corrected chi connectivity index (χ0v) is 14.0. The Balaban J connectivity index is 2.13. The summed E-state index contributed by atoms with van der Waals surface area (Å²) >= 11 is 0. The molecule has 7 heteroatoms. The van der Waals surface area contributed by atoms with Crippen LogP contribution in [0.25, 0.3) is 0 Å². The van der Waals surface area contributed by atoms with Crippen LogP contribution >= 0.6 is 0 Å². The molecule has 1 fully saturated rings. The van der Waals surface area contributed by atoms with Gasteiger partial charge in [-0.05, 0) is 61.5 Å². The molecule has 2 amide bonds. The van der Waals surface area contributed by atoms with Crippen molar-refractivity contribution >= 4 is 6.03 Å². The molecule has 1 saturated carbocycles. The van der Waals surface area contributed by atoms with Gasteiger partial charge < -0.3 is 5.73 Å². The smallest absolute Gasteiger partial charge is 0.338 e. The van der Waals surface area contributed by atoms with E-state index in [-0.39, 0.29) is 12.0 Å². The van der Waals surface area contributed by atoms with Crippen LogP contribution in [0.1, 0.15) is 33.6 Å². The third-order valence-electron chi connectivity index (χ3n) is 5.94. The molecule has 0 aromatic carbocycles. The van der Waals surface area contributed by atoms with Crippen LogP contribution in [0.5, 0.6) is 0 Å². The second-order valence-corrected chi connectivity index (χ2v) is 6.92. The average Bonchev–Trinajstić information content (AvgIpc) is 3.29. The Morgan fingerprint density at radius 3 is 2.46 bits per heavy atom. The van der Waals surface area contributed by atoms with Gasteiger partial charge in [0.25, 0.3) is 0 Å². The summed E-state index contributed by atoms with van der Waals surface area (Å²) in [6.45, 7) is 9.87. The Morgan fingerprint density at radius 1 is 1.38 bits per heavy atom. The minimum Gasteiger partial charge on any atom is -0.350 e. The number of nitrogens with two attached hydrogens (primary N) is 1. The number of hydrogen-bond acceptors (Lipinski definition) is 5. The summed E-state index contributed by atoms with van der Waals surface area (Å²) in [7, 11) is 0. The van der Waals surface area contributed by atoms with Gasteiger partial charge in [0.15, 0.2) is 0 Å². The van der Waals surface area contributed by atoms with Gasteiger partial charge in [-0.2, -0.15) is 5.01 Å². The highest BCUT2D eigenvalue weighted by molar-refractivity contribution is 5.76. The Labute approximate surface area is 139 Å². The van der Waals surface area contributed by atoms with E-state index in [1.807, 2.05) is 26.8 Å². The number of allylic oxidation sites excluding steroid dienone is 2. The Hall–Kier alpha value is -2.57. The van der Waals surface area contributed by atoms with Crippen molar-refractivity contribution < 1.29 is 4.79 Å². The van der Waals surface area contributed by atoms with Gasteiger partial charge in [0, 0.05) is 5.41 Å². The highest BCUT2D eigenvalue weighted by atomic mass is 16.3. The Morgan fingerprint density at radius 2 is 2.00 bits per heavy atom. The second kappa shape index (κ2) is 4.96. The van der Waals surface area contributed by atoms with Crippen LogP contribution in [0.2, 0.25) is 0 Å².